The summed E-state index contributed by atoms with van der Waals surface area (Å²) < 4.78 is 0. The summed E-state index contributed by atoms with van der Waals surface area (Å²) >= 11 is 0. The second kappa shape index (κ2) is 18.8. The molecular weight excluding hydrogens is 384 g/mol. The molecule has 0 atom stereocenters. The van der Waals surface area contributed by atoms with Crippen LogP contribution in [0.15, 0.2) is 60.7 Å². The molecular formula is C20H26O6Ti. The van der Waals surface area contributed by atoms with Crippen molar-refractivity contribution >= 4 is 11.9 Å². The molecule has 2 N–H and O–H groups in total. The van der Waals surface area contributed by atoms with Crippen LogP contribution in [0.2, 0.25) is 0 Å². The first kappa shape index (κ1) is 29.8. The summed E-state index contributed by atoms with van der Waals surface area (Å²) in [4.78, 5) is 20.2. The number of aliphatic hydroxyl groups is 2. The molecule has 0 aliphatic carbocycles. The van der Waals surface area contributed by atoms with Crippen molar-refractivity contribution in [3.63, 3.8) is 0 Å². The first-order valence-electron chi connectivity index (χ1n) is 7.96. The van der Waals surface area contributed by atoms with Crippen molar-refractivity contribution < 1.29 is 51.7 Å². The second-order valence-electron chi connectivity index (χ2n) is 5.49. The van der Waals surface area contributed by atoms with Crippen LogP contribution in [0.25, 0.3) is 0 Å². The van der Waals surface area contributed by atoms with E-state index in [1.807, 2.05) is 0 Å². The van der Waals surface area contributed by atoms with Crippen LogP contribution in [-0.4, -0.2) is 34.4 Å². The first-order chi connectivity index (χ1) is 12.1. The van der Waals surface area contributed by atoms with Gasteiger partial charge in [-0.15, -0.1) is 0 Å². The van der Waals surface area contributed by atoms with Gasteiger partial charge in [-0.25, -0.2) is 0 Å². The van der Waals surface area contributed by atoms with Crippen LogP contribution in [0.3, 0.4) is 0 Å². The number of carbonyl (C=O) groups is 2. The molecule has 2 aromatic carbocycles. The molecule has 0 saturated carbocycles. The van der Waals surface area contributed by atoms with Gasteiger partial charge in [-0.05, 0) is 38.8 Å². The summed E-state index contributed by atoms with van der Waals surface area (Å²) in [6.45, 7) is 6.89. The number of carboxylic acids is 2. The Kier molecular flexibility index (Phi) is 20.7. The normalized spacial score (nSPS) is 8.59. The largest absolute Gasteiger partial charge is 2.00 e. The monoisotopic (exact) mass is 410 g/mol. The van der Waals surface area contributed by atoms with Gasteiger partial charge >= 0.3 is 21.7 Å². The van der Waals surface area contributed by atoms with Crippen LogP contribution in [0.1, 0.15) is 48.4 Å². The number of aliphatic hydroxyl groups excluding tert-OH is 2. The van der Waals surface area contributed by atoms with Crippen molar-refractivity contribution in [3.8, 4) is 0 Å². The average molecular weight is 410 g/mol. The number of aromatic carboxylic acids is 2. The van der Waals surface area contributed by atoms with Crippen LogP contribution >= 0.6 is 0 Å². The smallest absolute Gasteiger partial charge is 0.545 e. The zero-order valence-corrected chi connectivity index (χ0v) is 17.5. The molecule has 0 amide bonds. The Morgan fingerprint density at radius 1 is 0.667 bits per heavy atom. The third-order valence-electron chi connectivity index (χ3n) is 2.02. The molecule has 2 aromatic rings. The van der Waals surface area contributed by atoms with E-state index in [-0.39, 0.29) is 45.1 Å². The maximum absolute atomic E-state index is 10.1. The zero-order valence-electron chi connectivity index (χ0n) is 16.0. The molecule has 6 nitrogen and oxygen atoms in total. The minimum Gasteiger partial charge on any atom is -0.545 e. The third-order valence-corrected chi connectivity index (χ3v) is 2.02. The molecule has 7 heteroatoms. The fourth-order valence-electron chi connectivity index (χ4n) is 1.15. The van der Waals surface area contributed by atoms with Crippen molar-refractivity contribution in [3.05, 3.63) is 71.8 Å². The van der Waals surface area contributed by atoms with Crippen LogP contribution in [0.4, 0.5) is 0 Å². The topological polar surface area (TPSA) is 121 Å². The number of carbonyl (C=O) groups excluding carboxylic acids is 2. The van der Waals surface area contributed by atoms with E-state index < -0.39 is 11.9 Å². The van der Waals surface area contributed by atoms with E-state index in [0.29, 0.717) is 0 Å². The Hall–Kier alpha value is -1.99. The number of hydrogen-bond donors (Lipinski definition) is 2. The average Bonchev–Trinajstić information content (AvgIpc) is 2.56. The molecule has 0 saturated heterocycles. The van der Waals surface area contributed by atoms with Gasteiger partial charge in [0.25, 0.3) is 0 Å². The van der Waals surface area contributed by atoms with Gasteiger partial charge in [-0.3, -0.25) is 0 Å². The summed E-state index contributed by atoms with van der Waals surface area (Å²) in [5, 5.41) is 36.3. The van der Waals surface area contributed by atoms with Gasteiger partial charge in [-0.1, -0.05) is 60.7 Å². The van der Waals surface area contributed by atoms with E-state index in [9.17, 15) is 19.8 Å². The van der Waals surface area contributed by atoms with Crippen LogP contribution < -0.4 is 10.2 Å². The Morgan fingerprint density at radius 3 is 0.963 bits per heavy atom. The third kappa shape index (κ3) is 24.0. The van der Waals surface area contributed by atoms with Crippen LogP contribution in [0, 0.1) is 0 Å². The molecule has 0 radical (unpaired) electrons. The van der Waals surface area contributed by atoms with Gasteiger partial charge in [0.1, 0.15) is 0 Å². The number of rotatable bonds is 2. The summed E-state index contributed by atoms with van der Waals surface area (Å²) in [6.07, 6.45) is -0.333. The van der Waals surface area contributed by atoms with Gasteiger partial charge in [-0.2, -0.15) is 0 Å². The molecule has 0 heterocycles. The molecule has 0 aliphatic rings. The Bertz CT molecular complexity index is 539. The quantitative estimate of drug-likeness (QED) is 0.709. The molecule has 0 aliphatic heterocycles. The summed E-state index contributed by atoms with van der Waals surface area (Å²) in [6, 6.07) is 16.1. The van der Waals surface area contributed by atoms with Gasteiger partial charge in [0.15, 0.2) is 0 Å². The molecule has 0 spiro atoms. The molecule has 146 valence electrons. The fourth-order valence-corrected chi connectivity index (χ4v) is 1.15. The van der Waals surface area contributed by atoms with E-state index in [1.54, 1.807) is 64.1 Å². The van der Waals surface area contributed by atoms with Crippen molar-refractivity contribution in [2.75, 3.05) is 0 Å². The number of benzene rings is 2. The minimum atomic E-state index is -1.13. The Labute approximate surface area is 175 Å². The Morgan fingerprint density at radius 2 is 0.852 bits per heavy atom. The van der Waals surface area contributed by atoms with Crippen molar-refractivity contribution in [2.45, 2.75) is 39.9 Å². The van der Waals surface area contributed by atoms with Crippen LogP contribution in [-0.2, 0) is 21.7 Å². The minimum absolute atomic E-state index is 0. The van der Waals surface area contributed by atoms with E-state index in [0.717, 1.165) is 0 Å². The van der Waals surface area contributed by atoms with E-state index in [2.05, 4.69) is 0 Å². The maximum atomic E-state index is 10.1. The number of hydrogen-bond acceptors (Lipinski definition) is 6. The van der Waals surface area contributed by atoms with Gasteiger partial charge in [0.05, 0.1) is 11.9 Å². The van der Waals surface area contributed by atoms with E-state index in [4.69, 9.17) is 10.2 Å². The predicted octanol–water partition coefficient (Wildman–Crippen LogP) is 0.872. The van der Waals surface area contributed by atoms with Crippen molar-refractivity contribution in [1.82, 2.24) is 0 Å². The van der Waals surface area contributed by atoms with Gasteiger partial charge < -0.3 is 30.0 Å². The SMILES string of the molecule is CC(C)O.CC(C)O.O=C([O-])c1ccccc1.O=C([O-])c1ccccc1.[Ti+2]. The summed E-state index contributed by atoms with van der Waals surface area (Å²) in [5.41, 5.74) is 0.440. The van der Waals surface area contributed by atoms with E-state index >= 15 is 0 Å². The molecule has 0 fully saturated rings. The molecule has 0 unspecified atom stereocenters. The fraction of sp³-hybridized carbons (Fsp3) is 0.300. The molecule has 27 heavy (non-hydrogen) atoms. The van der Waals surface area contributed by atoms with Crippen molar-refractivity contribution in [2.24, 2.45) is 0 Å². The Balaban J connectivity index is -0.000000303. The summed E-state index contributed by atoms with van der Waals surface area (Å²) in [7, 11) is 0. The second-order valence-corrected chi connectivity index (χ2v) is 5.49. The predicted molar refractivity (Wildman–Crippen MR) is 96.3 cm³/mol. The van der Waals surface area contributed by atoms with Gasteiger partial charge in [0, 0.05) is 12.2 Å². The first-order valence-corrected chi connectivity index (χ1v) is 7.96. The standard InChI is InChI=1S/2C7H6O2.2C3H8O.Ti/c2*8-7(9)6-4-2-1-3-5-6;2*1-3(2)4;/h2*1-5H,(H,8,9);2*3-4H,1-2H3;/q;;;;+2/p-2. The number of carboxylic acid groups (broad SMARTS) is 2. The summed E-state index contributed by atoms with van der Waals surface area (Å²) in [5.74, 6) is -2.26. The molecule has 2 rings (SSSR count). The van der Waals surface area contributed by atoms with Crippen molar-refractivity contribution in [1.29, 1.82) is 0 Å². The molecule has 0 bridgehead atoms. The zero-order chi connectivity index (χ0) is 20.5. The van der Waals surface area contributed by atoms with E-state index in [1.165, 1.54) is 24.3 Å². The molecule has 0 aromatic heterocycles. The van der Waals surface area contributed by atoms with Crippen LogP contribution in [0.5, 0.6) is 0 Å². The maximum Gasteiger partial charge on any atom is 2.00 e. The van der Waals surface area contributed by atoms with Gasteiger partial charge in [0.2, 0.25) is 0 Å².